The molecule has 0 spiro atoms. The lowest BCUT2D eigenvalue weighted by Crippen LogP contribution is -2.15. The van der Waals surface area contributed by atoms with Gasteiger partial charge < -0.3 is 15.8 Å². The molecule has 0 bridgehead atoms. The third-order valence-electron chi connectivity index (χ3n) is 3.44. The smallest absolute Gasteiger partial charge is 0.224 e. The summed E-state index contributed by atoms with van der Waals surface area (Å²) in [6.07, 6.45) is 9.42. The Kier molecular flexibility index (Phi) is 6.01. The van der Waals surface area contributed by atoms with Crippen LogP contribution in [0.5, 0.6) is 0 Å². The number of nitrogens with one attached hydrogen (secondary N) is 1. The third-order valence-corrected chi connectivity index (χ3v) is 3.44. The molecule has 2 rings (SSSR count). The first-order chi connectivity index (χ1) is 9.78. The van der Waals surface area contributed by atoms with Crippen LogP contribution >= 0.6 is 0 Å². The molecule has 6 nitrogen and oxygen atoms in total. The van der Waals surface area contributed by atoms with E-state index in [1.807, 2.05) is 10.9 Å². The van der Waals surface area contributed by atoms with Crippen LogP contribution in [0, 0.1) is 0 Å². The van der Waals surface area contributed by atoms with Gasteiger partial charge in [-0.15, -0.1) is 0 Å². The Balaban J connectivity index is 1.70. The van der Waals surface area contributed by atoms with Crippen LogP contribution in [0.25, 0.3) is 0 Å². The van der Waals surface area contributed by atoms with Gasteiger partial charge in [-0.3, -0.25) is 9.48 Å². The largest absolute Gasteiger partial charge is 0.376 e. The first kappa shape index (κ1) is 15.0. The maximum Gasteiger partial charge on any atom is 0.224 e. The molecule has 1 aliphatic heterocycles. The van der Waals surface area contributed by atoms with Gasteiger partial charge in [0.25, 0.3) is 0 Å². The Bertz CT molecular complexity index is 413. The van der Waals surface area contributed by atoms with Crippen LogP contribution < -0.4 is 11.1 Å². The molecule has 0 radical (unpaired) electrons. The fourth-order valence-corrected chi connectivity index (χ4v) is 2.36. The highest BCUT2D eigenvalue weighted by Gasteiger charge is 2.16. The molecule has 1 saturated heterocycles. The first-order valence-electron chi connectivity index (χ1n) is 7.42. The molecule has 1 amide bonds. The van der Waals surface area contributed by atoms with E-state index in [0.717, 1.165) is 50.9 Å². The number of aromatic nitrogens is 2. The molecular formula is C14H24N4O2. The predicted octanol–water partition coefficient (Wildman–Crippen LogP) is 1.52. The van der Waals surface area contributed by atoms with E-state index in [0.29, 0.717) is 13.0 Å². The third kappa shape index (κ3) is 4.94. The maximum absolute atomic E-state index is 11.7. The highest BCUT2D eigenvalue weighted by molar-refractivity contribution is 5.90. The topological polar surface area (TPSA) is 82.2 Å². The van der Waals surface area contributed by atoms with Gasteiger partial charge in [0.05, 0.1) is 24.5 Å². The second-order valence-corrected chi connectivity index (χ2v) is 5.23. The number of nitrogens with two attached hydrogens (primary N) is 1. The fraction of sp³-hybridized carbons (Fsp3) is 0.714. The summed E-state index contributed by atoms with van der Waals surface area (Å²) in [6.45, 7) is 2.29. The highest BCUT2D eigenvalue weighted by atomic mass is 16.5. The highest BCUT2D eigenvalue weighted by Crippen LogP contribution is 2.15. The molecule has 1 atom stereocenters. The lowest BCUT2D eigenvalue weighted by molar-refractivity contribution is -0.116. The van der Waals surface area contributed by atoms with E-state index in [-0.39, 0.29) is 12.0 Å². The number of hydrogen-bond acceptors (Lipinski definition) is 4. The van der Waals surface area contributed by atoms with Crippen LogP contribution in [0.15, 0.2) is 12.4 Å². The van der Waals surface area contributed by atoms with Gasteiger partial charge in [-0.2, -0.15) is 5.10 Å². The van der Waals surface area contributed by atoms with Gasteiger partial charge >= 0.3 is 0 Å². The molecule has 112 valence electrons. The predicted molar refractivity (Wildman–Crippen MR) is 77.4 cm³/mol. The number of nitrogens with zero attached hydrogens (tertiary/aromatic N) is 2. The van der Waals surface area contributed by atoms with E-state index in [1.54, 1.807) is 6.20 Å². The molecule has 1 unspecified atom stereocenters. The Morgan fingerprint density at radius 3 is 3.15 bits per heavy atom. The lowest BCUT2D eigenvalue weighted by Gasteiger charge is -2.08. The summed E-state index contributed by atoms with van der Waals surface area (Å²) in [5.74, 6) is 0.0405. The van der Waals surface area contributed by atoms with Crippen molar-refractivity contribution in [2.24, 2.45) is 5.73 Å². The average molecular weight is 280 g/mol. The van der Waals surface area contributed by atoms with Crippen LogP contribution in [0.3, 0.4) is 0 Å². The van der Waals surface area contributed by atoms with E-state index in [4.69, 9.17) is 10.5 Å². The maximum atomic E-state index is 11.7. The van der Waals surface area contributed by atoms with Gasteiger partial charge in [0.15, 0.2) is 0 Å². The SMILES string of the molecule is NCCCCCC(=O)Nc1cnn(CC2CCCO2)c1. The zero-order valence-electron chi connectivity index (χ0n) is 11.9. The first-order valence-corrected chi connectivity index (χ1v) is 7.42. The number of carbonyl (C=O) groups is 1. The van der Waals surface area contributed by atoms with Crippen LogP contribution in [0.2, 0.25) is 0 Å². The fourth-order valence-electron chi connectivity index (χ4n) is 2.36. The molecular weight excluding hydrogens is 256 g/mol. The number of hydrogen-bond donors (Lipinski definition) is 2. The number of rotatable bonds is 8. The second-order valence-electron chi connectivity index (χ2n) is 5.23. The van der Waals surface area contributed by atoms with E-state index in [9.17, 15) is 4.79 Å². The number of amides is 1. The minimum absolute atomic E-state index is 0.0405. The van der Waals surface area contributed by atoms with Gasteiger partial charge in [0.1, 0.15) is 0 Å². The van der Waals surface area contributed by atoms with Crippen molar-refractivity contribution in [3.8, 4) is 0 Å². The van der Waals surface area contributed by atoms with Gasteiger partial charge in [-0.05, 0) is 32.2 Å². The van der Waals surface area contributed by atoms with Gasteiger partial charge in [-0.25, -0.2) is 0 Å². The lowest BCUT2D eigenvalue weighted by atomic mass is 10.2. The Hall–Kier alpha value is -1.40. The van der Waals surface area contributed by atoms with Gasteiger partial charge in [0, 0.05) is 19.2 Å². The van der Waals surface area contributed by atoms with Crippen molar-refractivity contribution in [1.29, 1.82) is 0 Å². The van der Waals surface area contributed by atoms with Crippen LogP contribution in [0.1, 0.15) is 38.5 Å². The molecule has 1 aromatic rings. The molecule has 0 aliphatic carbocycles. The zero-order valence-corrected chi connectivity index (χ0v) is 11.9. The zero-order chi connectivity index (χ0) is 14.2. The van der Waals surface area contributed by atoms with Crippen LogP contribution in [-0.4, -0.2) is 34.9 Å². The van der Waals surface area contributed by atoms with Crippen LogP contribution in [0.4, 0.5) is 5.69 Å². The van der Waals surface area contributed by atoms with Crippen molar-refractivity contribution in [3.63, 3.8) is 0 Å². The Morgan fingerprint density at radius 1 is 1.50 bits per heavy atom. The number of anilines is 1. The standard InChI is InChI=1S/C14H24N4O2/c15-7-3-1-2-6-14(19)17-12-9-16-18(10-12)11-13-5-4-8-20-13/h9-10,13H,1-8,11,15H2,(H,17,19). The normalized spacial score (nSPS) is 18.4. The minimum Gasteiger partial charge on any atom is -0.376 e. The van der Waals surface area contributed by atoms with Gasteiger partial charge in [0.2, 0.25) is 5.91 Å². The van der Waals surface area contributed by atoms with E-state index < -0.39 is 0 Å². The molecule has 0 aromatic carbocycles. The monoisotopic (exact) mass is 280 g/mol. The van der Waals surface area contributed by atoms with Crippen molar-refractivity contribution in [2.75, 3.05) is 18.5 Å². The Labute approximate surface area is 119 Å². The molecule has 1 fully saturated rings. The molecule has 20 heavy (non-hydrogen) atoms. The van der Waals surface area contributed by atoms with Crippen molar-refractivity contribution in [3.05, 3.63) is 12.4 Å². The van der Waals surface area contributed by atoms with E-state index >= 15 is 0 Å². The second kappa shape index (κ2) is 8.01. The van der Waals surface area contributed by atoms with Crippen molar-refractivity contribution < 1.29 is 9.53 Å². The average Bonchev–Trinajstić information content (AvgIpc) is 3.08. The molecule has 0 saturated carbocycles. The number of unbranched alkanes of at least 4 members (excludes halogenated alkanes) is 2. The van der Waals surface area contributed by atoms with Crippen LogP contribution in [-0.2, 0) is 16.1 Å². The molecule has 2 heterocycles. The summed E-state index contributed by atoms with van der Waals surface area (Å²) in [5, 5.41) is 7.12. The summed E-state index contributed by atoms with van der Waals surface area (Å²) >= 11 is 0. The van der Waals surface area contributed by atoms with Crippen molar-refractivity contribution in [1.82, 2.24) is 9.78 Å². The summed E-state index contributed by atoms with van der Waals surface area (Å²) in [4.78, 5) is 11.7. The molecule has 3 N–H and O–H groups in total. The van der Waals surface area contributed by atoms with Crippen molar-refractivity contribution >= 4 is 11.6 Å². The van der Waals surface area contributed by atoms with Gasteiger partial charge in [-0.1, -0.05) is 6.42 Å². The molecule has 6 heteroatoms. The molecule has 1 aliphatic rings. The molecule has 1 aromatic heterocycles. The Morgan fingerprint density at radius 2 is 2.40 bits per heavy atom. The summed E-state index contributed by atoms with van der Waals surface area (Å²) in [5.41, 5.74) is 6.17. The summed E-state index contributed by atoms with van der Waals surface area (Å²) < 4.78 is 7.40. The van der Waals surface area contributed by atoms with E-state index in [2.05, 4.69) is 10.4 Å². The summed E-state index contributed by atoms with van der Waals surface area (Å²) in [6, 6.07) is 0. The number of ether oxygens (including phenoxy) is 1. The summed E-state index contributed by atoms with van der Waals surface area (Å²) in [7, 11) is 0. The minimum atomic E-state index is 0.0405. The quantitative estimate of drug-likeness (QED) is 0.707. The van der Waals surface area contributed by atoms with Crippen molar-refractivity contribution in [2.45, 2.75) is 51.2 Å². The van der Waals surface area contributed by atoms with E-state index in [1.165, 1.54) is 0 Å². The number of carbonyl (C=O) groups excluding carboxylic acids is 1.